The highest BCUT2D eigenvalue weighted by Crippen LogP contribution is 2.37. The van der Waals surface area contributed by atoms with Crippen molar-refractivity contribution in [3.8, 4) is 5.75 Å². The third-order valence-corrected chi connectivity index (χ3v) is 6.47. The van der Waals surface area contributed by atoms with Crippen LogP contribution in [0, 0.1) is 6.92 Å². The van der Waals surface area contributed by atoms with Crippen LogP contribution in [-0.4, -0.2) is 55.0 Å². The van der Waals surface area contributed by atoms with Crippen molar-refractivity contribution < 1.29 is 19.1 Å². The zero-order chi connectivity index (χ0) is 21.8. The van der Waals surface area contributed by atoms with Crippen LogP contribution in [0.3, 0.4) is 0 Å². The Balaban J connectivity index is 1.47. The Morgan fingerprint density at radius 1 is 1.29 bits per heavy atom. The number of amides is 2. The lowest BCUT2D eigenvalue weighted by Crippen LogP contribution is -2.43. The summed E-state index contributed by atoms with van der Waals surface area (Å²) in [4.78, 5) is 32.9. The quantitative estimate of drug-likeness (QED) is 0.637. The van der Waals surface area contributed by atoms with Gasteiger partial charge in [-0.25, -0.2) is 4.98 Å². The largest absolute Gasteiger partial charge is 0.493 e. The predicted molar refractivity (Wildman–Crippen MR) is 120 cm³/mol. The first kappa shape index (κ1) is 21.3. The molecule has 8 heteroatoms. The van der Waals surface area contributed by atoms with Crippen molar-refractivity contribution in [2.45, 2.75) is 19.4 Å². The molecule has 0 bridgehead atoms. The van der Waals surface area contributed by atoms with Crippen LogP contribution >= 0.6 is 11.3 Å². The highest BCUT2D eigenvalue weighted by Gasteiger charge is 2.31. The Bertz CT molecular complexity index is 1100. The number of carbonyl (C=O) groups excluding carboxylic acids is 2. The summed E-state index contributed by atoms with van der Waals surface area (Å²) in [6.07, 6.45) is 1.62. The first-order valence-corrected chi connectivity index (χ1v) is 11.1. The van der Waals surface area contributed by atoms with Gasteiger partial charge in [-0.15, -0.1) is 11.3 Å². The molecule has 1 atom stereocenters. The number of morpholine rings is 1. The summed E-state index contributed by atoms with van der Waals surface area (Å²) >= 11 is 1.35. The Morgan fingerprint density at radius 3 is 2.94 bits per heavy atom. The summed E-state index contributed by atoms with van der Waals surface area (Å²) in [5.74, 6) is 0.639. The van der Waals surface area contributed by atoms with Gasteiger partial charge >= 0.3 is 0 Å². The van der Waals surface area contributed by atoms with Crippen LogP contribution in [0.5, 0.6) is 5.75 Å². The van der Waals surface area contributed by atoms with Crippen LogP contribution in [0.25, 0.3) is 10.2 Å². The van der Waals surface area contributed by atoms with Crippen LogP contribution in [0.2, 0.25) is 0 Å². The van der Waals surface area contributed by atoms with Gasteiger partial charge in [-0.05, 0) is 24.6 Å². The monoisotopic (exact) mass is 439 g/mol. The molecule has 1 aliphatic heterocycles. The number of benzene rings is 1. The Hall–Kier alpha value is -2.97. The van der Waals surface area contributed by atoms with E-state index in [0.29, 0.717) is 31.2 Å². The fourth-order valence-electron chi connectivity index (χ4n) is 3.73. The second-order valence-electron chi connectivity index (χ2n) is 7.34. The number of aromatic nitrogens is 1. The number of nitrogens with one attached hydrogen (secondary N) is 1. The molecular weight excluding hydrogens is 414 g/mol. The molecule has 1 fully saturated rings. The molecule has 31 heavy (non-hydrogen) atoms. The maximum atomic E-state index is 12.8. The van der Waals surface area contributed by atoms with E-state index in [2.05, 4.69) is 10.3 Å². The minimum absolute atomic E-state index is 0.0148. The van der Waals surface area contributed by atoms with Crippen molar-refractivity contribution in [3.63, 3.8) is 0 Å². The van der Waals surface area contributed by atoms with Gasteiger partial charge in [-0.1, -0.05) is 24.3 Å². The summed E-state index contributed by atoms with van der Waals surface area (Å²) in [6, 6.07) is 11.6. The number of fused-ring (bicyclic) bond motifs is 1. The van der Waals surface area contributed by atoms with Gasteiger partial charge in [0.15, 0.2) is 0 Å². The van der Waals surface area contributed by atoms with Crippen molar-refractivity contribution in [2.75, 3.05) is 33.4 Å². The van der Waals surface area contributed by atoms with E-state index in [1.54, 1.807) is 18.1 Å². The van der Waals surface area contributed by atoms with Crippen LogP contribution in [0.4, 0.5) is 0 Å². The van der Waals surface area contributed by atoms with Crippen molar-refractivity contribution in [1.82, 2.24) is 15.2 Å². The molecule has 0 saturated carbocycles. The highest BCUT2D eigenvalue weighted by atomic mass is 32.1. The van der Waals surface area contributed by atoms with Crippen molar-refractivity contribution in [2.24, 2.45) is 0 Å². The summed E-state index contributed by atoms with van der Waals surface area (Å²) < 4.78 is 11.8. The molecule has 1 saturated heterocycles. The normalized spacial score (nSPS) is 16.3. The zero-order valence-electron chi connectivity index (χ0n) is 17.6. The first-order chi connectivity index (χ1) is 15.1. The lowest BCUT2D eigenvalue weighted by Gasteiger charge is -2.33. The number of carbonyl (C=O) groups is 2. The maximum Gasteiger partial charge on any atom is 0.261 e. The van der Waals surface area contributed by atoms with Crippen molar-refractivity contribution in [1.29, 1.82) is 0 Å². The van der Waals surface area contributed by atoms with E-state index in [1.807, 2.05) is 43.3 Å². The third kappa shape index (κ3) is 4.55. The standard InChI is InChI=1S/C23H25N3O4S/c1-15-6-3-4-8-17(15)29-12-9-19(27)26-11-13-30-18(14-26)20-16-7-5-10-25-23(16)31-21(20)22(28)24-2/h3-8,10,18H,9,11-14H2,1-2H3,(H,24,28)/t18-/m0/s1. The fraction of sp³-hybridized carbons (Fsp3) is 0.348. The van der Waals surface area contributed by atoms with E-state index in [4.69, 9.17) is 9.47 Å². The topological polar surface area (TPSA) is 80.8 Å². The SMILES string of the molecule is CNC(=O)c1sc2ncccc2c1[C@@H]1CN(C(=O)CCOc2ccccc2C)CCO1. The third-order valence-electron chi connectivity index (χ3n) is 5.35. The molecule has 2 amide bonds. The number of nitrogens with zero attached hydrogens (tertiary/aromatic N) is 2. The van der Waals surface area contributed by atoms with Crippen molar-refractivity contribution >= 4 is 33.4 Å². The average molecular weight is 440 g/mol. The second-order valence-corrected chi connectivity index (χ2v) is 8.34. The second kappa shape index (κ2) is 9.45. The van der Waals surface area contributed by atoms with Gasteiger partial charge in [-0.2, -0.15) is 0 Å². The number of para-hydroxylation sites is 1. The number of ether oxygens (including phenoxy) is 2. The summed E-state index contributed by atoms with van der Waals surface area (Å²) in [6.45, 7) is 3.64. The molecule has 0 spiro atoms. The fourth-order valence-corrected chi connectivity index (χ4v) is 4.87. The van der Waals surface area contributed by atoms with E-state index >= 15 is 0 Å². The van der Waals surface area contributed by atoms with Gasteiger partial charge in [0.1, 0.15) is 21.6 Å². The van der Waals surface area contributed by atoms with Crippen molar-refractivity contribution in [3.05, 3.63) is 58.6 Å². The molecule has 7 nitrogen and oxygen atoms in total. The molecule has 0 aliphatic carbocycles. The van der Waals surface area contributed by atoms with Crippen LogP contribution in [0.15, 0.2) is 42.6 Å². The number of thiophene rings is 1. The molecule has 0 radical (unpaired) electrons. The Labute approximate surface area is 185 Å². The van der Waals surface area contributed by atoms with E-state index in [-0.39, 0.29) is 24.3 Å². The van der Waals surface area contributed by atoms with Crippen LogP contribution in [-0.2, 0) is 9.53 Å². The summed E-state index contributed by atoms with van der Waals surface area (Å²) in [5, 5.41) is 3.59. The van der Waals surface area contributed by atoms with E-state index in [1.165, 1.54) is 11.3 Å². The first-order valence-electron chi connectivity index (χ1n) is 10.3. The summed E-state index contributed by atoms with van der Waals surface area (Å²) in [5.41, 5.74) is 1.85. The minimum atomic E-state index is -0.375. The lowest BCUT2D eigenvalue weighted by atomic mass is 10.0. The Morgan fingerprint density at radius 2 is 2.13 bits per heavy atom. The van der Waals surface area contributed by atoms with Gasteiger partial charge in [0.2, 0.25) is 5.91 Å². The van der Waals surface area contributed by atoms with Gasteiger partial charge in [-0.3, -0.25) is 9.59 Å². The van der Waals surface area contributed by atoms with Crippen LogP contribution < -0.4 is 10.1 Å². The molecule has 1 N–H and O–H groups in total. The highest BCUT2D eigenvalue weighted by molar-refractivity contribution is 7.20. The molecule has 0 unspecified atom stereocenters. The maximum absolute atomic E-state index is 12.8. The number of hydrogen-bond acceptors (Lipinski definition) is 6. The molecule has 1 aliphatic rings. The molecule has 162 valence electrons. The molecule has 3 aromatic rings. The number of rotatable bonds is 6. The van der Waals surface area contributed by atoms with Gasteiger partial charge in [0, 0.05) is 30.7 Å². The lowest BCUT2D eigenvalue weighted by molar-refractivity contribution is -0.139. The zero-order valence-corrected chi connectivity index (χ0v) is 18.4. The smallest absolute Gasteiger partial charge is 0.261 e. The molecule has 2 aromatic heterocycles. The Kier molecular flexibility index (Phi) is 6.48. The molecule has 1 aromatic carbocycles. The van der Waals surface area contributed by atoms with Gasteiger partial charge in [0.05, 0.1) is 26.2 Å². The van der Waals surface area contributed by atoms with Gasteiger partial charge in [0.25, 0.3) is 5.91 Å². The van der Waals surface area contributed by atoms with E-state index in [9.17, 15) is 9.59 Å². The number of aryl methyl sites for hydroxylation is 1. The van der Waals surface area contributed by atoms with E-state index in [0.717, 1.165) is 27.1 Å². The molecule has 3 heterocycles. The van der Waals surface area contributed by atoms with Crippen LogP contribution in [0.1, 0.15) is 33.3 Å². The minimum Gasteiger partial charge on any atom is -0.493 e. The molecule has 4 rings (SSSR count). The summed E-state index contributed by atoms with van der Waals surface area (Å²) in [7, 11) is 1.61. The average Bonchev–Trinajstić information content (AvgIpc) is 3.19. The number of hydrogen-bond donors (Lipinski definition) is 1. The van der Waals surface area contributed by atoms with Gasteiger partial charge < -0.3 is 19.7 Å². The molecular formula is C23H25N3O4S. The predicted octanol–water partition coefficient (Wildman–Crippen LogP) is 3.33. The van der Waals surface area contributed by atoms with E-state index < -0.39 is 0 Å². The number of pyridine rings is 1.